The first-order chi connectivity index (χ1) is 10.2. The van der Waals surface area contributed by atoms with Crippen LogP contribution in [0.2, 0.25) is 0 Å². The lowest BCUT2D eigenvalue weighted by Crippen LogP contribution is -2.33. The first-order valence-electron chi connectivity index (χ1n) is 7.79. The van der Waals surface area contributed by atoms with Gasteiger partial charge in [-0.25, -0.2) is 4.39 Å². The molecule has 0 bridgehead atoms. The number of rotatable bonds is 4. The Hall–Kier alpha value is -1.37. The molecule has 0 amide bonds. The summed E-state index contributed by atoms with van der Waals surface area (Å²) in [6.45, 7) is 0.695. The van der Waals surface area contributed by atoms with E-state index in [2.05, 4.69) is 23.8 Å². The highest BCUT2D eigenvalue weighted by atomic mass is 19.1. The van der Waals surface area contributed by atoms with E-state index >= 15 is 0 Å². The maximum Gasteiger partial charge on any atom is 0.128 e. The molecule has 0 spiro atoms. The van der Waals surface area contributed by atoms with Crippen LogP contribution >= 0.6 is 0 Å². The van der Waals surface area contributed by atoms with E-state index in [1.54, 1.807) is 0 Å². The number of aliphatic hydroxyl groups excluding tert-OH is 1. The molecule has 0 heterocycles. The molecule has 114 valence electrons. The zero-order chi connectivity index (χ0) is 15.1. The van der Waals surface area contributed by atoms with E-state index in [4.69, 9.17) is 5.11 Å². The molecule has 1 N–H and O–H groups in total. The van der Waals surface area contributed by atoms with E-state index in [0.29, 0.717) is 24.6 Å². The van der Waals surface area contributed by atoms with Crippen molar-refractivity contribution in [2.45, 2.75) is 51.1 Å². The molecule has 0 aliphatic heterocycles. The van der Waals surface area contributed by atoms with E-state index in [-0.39, 0.29) is 12.4 Å². The zero-order valence-electron chi connectivity index (χ0n) is 12.7. The summed E-state index contributed by atoms with van der Waals surface area (Å²) in [6.07, 6.45) is 6.78. The van der Waals surface area contributed by atoms with Crippen LogP contribution in [0.3, 0.4) is 0 Å². The minimum absolute atomic E-state index is 0.0414. The van der Waals surface area contributed by atoms with Gasteiger partial charge >= 0.3 is 0 Å². The van der Waals surface area contributed by atoms with Crippen LogP contribution in [0.5, 0.6) is 0 Å². The first kappa shape index (κ1) is 16.0. The second kappa shape index (κ2) is 8.17. The molecule has 0 radical (unpaired) electrons. The van der Waals surface area contributed by atoms with Crippen LogP contribution in [0.1, 0.15) is 49.7 Å². The van der Waals surface area contributed by atoms with Crippen molar-refractivity contribution < 1.29 is 9.50 Å². The summed E-state index contributed by atoms with van der Waals surface area (Å²) in [6, 6.07) is 5.77. The second-order valence-corrected chi connectivity index (χ2v) is 5.79. The van der Waals surface area contributed by atoms with Gasteiger partial charge in [0, 0.05) is 30.1 Å². The first-order valence-corrected chi connectivity index (χ1v) is 7.79. The van der Waals surface area contributed by atoms with Crippen molar-refractivity contribution in [2.24, 2.45) is 0 Å². The van der Waals surface area contributed by atoms with Crippen molar-refractivity contribution in [1.29, 1.82) is 0 Å². The molecular formula is C18H24FNO. The van der Waals surface area contributed by atoms with E-state index in [1.165, 1.54) is 38.2 Å². The lowest BCUT2D eigenvalue weighted by atomic mass is 9.94. The molecule has 0 saturated heterocycles. The molecule has 2 rings (SSSR count). The summed E-state index contributed by atoms with van der Waals surface area (Å²) < 4.78 is 14.1. The molecule has 0 unspecified atom stereocenters. The monoisotopic (exact) mass is 289 g/mol. The predicted molar refractivity (Wildman–Crippen MR) is 83.3 cm³/mol. The number of halogens is 1. The molecule has 2 nitrogen and oxygen atoms in total. The van der Waals surface area contributed by atoms with Gasteiger partial charge in [0.05, 0.1) is 6.61 Å². The van der Waals surface area contributed by atoms with Gasteiger partial charge in [-0.15, -0.1) is 0 Å². The minimum atomic E-state index is -0.187. The van der Waals surface area contributed by atoms with E-state index in [0.717, 1.165) is 5.56 Å². The topological polar surface area (TPSA) is 23.5 Å². The van der Waals surface area contributed by atoms with Crippen LogP contribution in [-0.2, 0) is 6.54 Å². The van der Waals surface area contributed by atoms with Gasteiger partial charge in [-0.1, -0.05) is 37.2 Å². The summed E-state index contributed by atoms with van der Waals surface area (Å²) in [5.41, 5.74) is 1.40. The molecule has 1 aliphatic rings. The summed E-state index contributed by atoms with van der Waals surface area (Å²) >= 11 is 0. The fourth-order valence-electron chi connectivity index (χ4n) is 2.89. The van der Waals surface area contributed by atoms with Gasteiger partial charge in [-0.3, -0.25) is 4.90 Å². The molecule has 0 aromatic heterocycles. The van der Waals surface area contributed by atoms with Crippen molar-refractivity contribution in [3.05, 3.63) is 35.1 Å². The number of nitrogens with zero attached hydrogens (tertiary/aromatic N) is 1. The van der Waals surface area contributed by atoms with Crippen molar-refractivity contribution in [1.82, 2.24) is 4.90 Å². The maximum absolute atomic E-state index is 14.1. The molecule has 3 heteroatoms. The Labute approximate surface area is 127 Å². The van der Waals surface area contributed by atoms with Gasteiger partial charge < -0.3 is 5.11 Å². The summed E-state index contributed by atoms with van der Waals surface area (Å²) in [5, 5.41) is 8.68. The third-order valence-corrected chi connectivity index (χ3v) is 4.14. The smallest absolute Gasteiger partial charge is 0.128 e. The molecular weight excluding hydrogens is 265 g/mol. The quantitative estimate of drug-likeness (QED) is 0.860. The van der Waals surface area contributed by atoms with Crippen LogP contribution in [-0.4, -0.2) is 29.7 Å². The number of hydrogen-bond donors (Lipinski definition) is 1. The van der Waals surface area contributed by atoms with Crippen molar-refractivity contribution in [2.75, 3.05) is 13.7 Å². The second-order valence-electron chi connectivity index (χ2n) is 5.79. The van der Waals surface area contributed by atoms with Gasteiger partial charge in [-0.05, 0) is 32.0 Å². The van der Waals surface area contributed by atoms with Gasteiger partial charge in [0.1, 0.15) is 5.82 Å². The Balaban J connectivity index is 1.98. The Kier molecular flexibility index (Phi) is 6.22. The number of hydrogen-bond acceptors (Lipinski definition) is 2. The van der Waals surface area contributed by atoms with Crippen LogP contribution in [0.15, 0.2) is 18.2 Å². The highest BCUT2D eigenvalue weighted by Crippen LogP contribution is 2.23. The van der Waals surface area contributed by atoms with Gasteiger partial charge in [-0.2, -0.15) is 0 Å². The molecule has 1 aliphatic carbocycles. The minimum Gasteiger partial charge on any atom is -0.395 e. The van der Waals surface area contributed by atoms with Gasteiger partial charge in [0.15, 0.2) is 0 Å². The Morgan fingerprint density at radius 2 is 2.05 bits per heavy atom. The fourth-order valence-corrected chi connectivity index (χ4v) is 2.89. The molecule has 1 aromatic carbocycles. The van der Waals surface area contributed by atoms with Crippen LogP contribution < -0.4 is 0 Å². The third-order valence-electron chi connectivity index (χ3n) is 4.14. The summed E-state index contributed by atoms with van der Waals surface area (Å²) in [5.74, 6) is 5.49. The van der Waals surface area contributed by atoms with Crippen LogP contribution in [0.25, 0.3) is 0 Å². The van der Waals surface area contributed by atoms with Crippen LogP contribution in [0, 0.1) is 17.7 Å². The SMILES string of the molecule is CN(Cc1ccc(C#CCCO)cc1F)C1CCCCC1. The largest absolute Gasteiger partial charge is 0.395 e. The number of aliphatic hydroxyl groups is 1. The lowest BCUT2D eigenvalue weighted by Gasteiger charge is -2.31. The Morgan fingerprint density at radius 3 is 2.71 bits per heavy atom. The Morgan fingerprint density at radius 1 is 1.29 bits per heavy atom. The van der Waals surface area contributed by atoms with Crippen molar-refractivity contribution in [3.8, 4) is 11.8 Å². The molecule has 21 heavy (non-hydrogen) atoms. The van der Waals surface area contributed by atoms with Crippen molar-refractivity contribution in [3.63, 3.8) is 0 Å². The predicted octanol–water partition coefficient (Wildman–Crippen LogP) is 3.32. The molecule has 1 fully saturated rings. The van der Waals surface area contributed by atoms with Crippen LogP contribution in [0.4, 0.5) is 4.39 Å². The molecule has 1 saturated carbocycles. The molecule has 1 aromatic rings. The standard InChI is InChI=1S/C18H24FNO/c1-20(17-8-3-2-4-9-17)14-16-11-10-15(13-18(16)19)7-5-6-12-21/h10-11,13,17,21H,2-4,6,8-9,12,14H2,1H3. The van der Waals surface area contributed by atoms with E-state index < -0.39 is 0 Å². The normalized spacial score (nSPS) is 15.8. The summed E-state index contributed by atoms with van der Waals surface area (Å²) in [4.78, 5) is 2.27. The number of benzene rings is 1. The average Bonchev–Trinajstić information content (AvgIpc) is 2.51. The Bertz CT molecular complexity index is 512. The zero-order valence-corrected chi connectivity index (χ0v) is 12.7. The maximum atomic E-state index is 14.1. The lowest BCUT2D eigenvalue weighted by molar-refractivity contribution is 0.182. The fraction of sp³-hybridized carbons (Fsp3) is 0.556. The highest BCUT2D eigenvalue weighted by Gasteiger charge is 2.18. The summed E-state index contributed by atoms with van der Waals surface area (Å²) in [7, 11) is 2.09. The van der Waals surface area contributed by atoms with Gasteiger partial charge in [0.25, 0.3) is 0 Å². The average molecular weight is 289 g/mol. The van der Waals surface area contributed by atoms with Crippen molar-refractivity contribution >= 4 is 0 Å². The third kappa shape index (κ3) is 4.84. The van der Waals surface area contributed by atoms with E-state index in [1.807, 2.05) is 12.1 Å². The highest BCUT2D eigenvalue weighted by molar-refractivity contribution is 5.37. The van der Waals surface area contributed by atoms with Gasteiger partial charge in [0.2, 0.25) is 0 Å². The van der Waals surface area contributed by atoms with E-state index in [9.17, 15) is 4.39 Å². The molecule has 0 atom stereocenters.